The highest BCUT2D eigenvalue weighted by molar-refractivity contribution is 7.17. The van der Waals surface area contributed by atoms with E-state index in [4.69, 9.17) is 0 Å². The molecule has 2 aromatic carbocycles. The van der Waals surface area contributed by atoms with Crippen LogP contribution < -0.4 is 5.56 Å². The molecule has 0 aliphatic heterocycles. The molecule has 0 unspecified atom stereocenters. The first kappa shape index (κ1) is 17.3. The second-order valence-corrected chi connectivity index (χ2v) is 7.19. The summed E-state index contributed by atoms with van der Waals surface area (Å²) in [6.07, 6.45) is 0.919. The summed E-state index contributed by atoms with van der Waals surface area (Å²) in [6.45, 7) is 0. The van der Waals surface area contributed by atoms with Gasteiger partial charge in [0.05, 0.1) is 7.11 Å². The fourth-order valence-corrected chi connectivity index (χ4v) is 4.11. The van der Waals surface area contributed by atoms with E-state index in [1.807, 2.05) is 35.7 Å². The Bertz CT molecular complexity index is 1200. The van der Waals surface area contributed by atoms with Gasteiger partial charge in [0.2, 0.25) is 0 Å². The summed E-state index contributed by atoms with van der Waals surface area (Å²) in [5.41, 5.74) is 3.11. The number of aromatic hydroxyl groups is 1. The number of ether oxygens (including phenoxy) is 1. The van der Waals surface area contributed by atoms with E-state index in [9.17, 15) is 14.7 Å². The topological polar surface area (TPSA) is 79.4 Å². The van der Waals surface area contributed by atoms with Crippen LogP contribution in [0.3, 0.4) is 0 Å². The van der Waals surface area contributed by atoms with Crippen molar-refractivity contribution in [1.29, 1.82) is 0 Å². The molecule has 0 amide bonds. The third kappa shape index (κ3) is 3.08. The van der Waals surface area contributed by atoms with Gasteiger partial charge in [-0.1, -0.05) is 24.3 Å². The van der Waals surface area contributed by atoms with Crippen molar-refractivity contribution in [2.75, 3.05) is 7.11 Å². The molecule has 4 aromatic rings. The van der Waals surface area contributed by atoms with E-state index in [2.05, 4.69) is 9.72 Å². The van der Waals surface area contributed by atoms with Gasteiger partial charge in [-0.3, -0.25) is 9.59 Å². The van der Waals surface area contributed by atoms with E-state index in [0.717, 1.165) is 21.9 Å². The van der Waals surface area contributed by atoms with Crippen molar-refractivity contribution in [3.8, 4) is 16.9 Å². The van der Waals surface area contributed by atoms with Crippen molar-refractivity contribution in [3.05, 3.63) is 63.8 Å². The molecule has 136 valence electrons. The van der Waals surface area contributed by atoms with Gasteiger partial charge in [-0.2, -0.15) is 0 Å². The van der Waals surface area contributed by atoms with Crippen molar-refractivity contribution in [3.63, 3.8) is 0 Å². The van der Waals surface area contributed by atoms with Gasteiger partial charge in [0, 0.05) is 28.3 Å². The summed E-state index contributed by atoms with van der Waals surface area (Å²) in [4.78, 5) is 26.4. The van der Waals surface area contributed by atoms with Crippen molar-refractivity contribution >= 4 is 38.3 Å². The maximum atomic E-state index is 12.2. The number of phenolic OH excluding ortho intramolecular Hbond substituents is 1. The molecular weight excluding hydrogens is 362 g/mol. The number of esters is 1. The van der Waals surface area contributed by atoms with E-state index in [-0.39, 0.29) is 17.3 Å². The molecule has 0 aliphatic carbocycles. The van der Waals surface area contributed by atoms with Crippen molar-refractivity contribution in [2.45, 2.75) is 12.8 Å². The number of fused-ring (bicyclic) bond motifs is 3. The fraction of sp³-hybridized carbons (Fsp3) is 0.143. The number of H-pyrrole nitrogens is 1. The number of nitrogens with one attached hydrogen (secondary N) is 1. The lowest BCUT2D eigenvalue weighted by Crippen LogP contribution is -2.04. The normalized spacial score (nSPS) is 11.1. The van der Waals surface area contributed by atoms with Crippen LogP contribution in [0.2, 0.25) is 0 Å². The Hall–Kier alpha value is -3.12. The SMILES string of the molecule is COC(=O)CCc1ccc(-c2c(O)ccc3[nH]c(=O)c4sccc4c23)cc1. The smallest absolute Gasteiger partial charge is 0.305 e. The molecule has 0 aliphatic rings. The van der Waals surface area contributed by atoms with Gasteiger partial charge in [0.1, 0.15) is 10.4 Å². The molecule has 0 saturated carbocycles. The van der Waals surface area contributed by atoms with E-state index >= 15 is 0 Å². The van der Waals surface area contributed by atoms with Crippen molar-refractivity contribution in [2.24, 2.45) is 0 Å². The summed E-state index contributed by atoms with van der Waals surface area (Å²) >= 11 is 1.38. The largest absolute Gasteiger partial charge is 0.507 e. The number of rotatable bonds is 4. The number of methoxy groups -OCH3 is 1. The quantitative estimate of drug-likeness (QED) is 0.520. The van der Waals surface area contributed by atoms with Crippen LogP contribution in [0.4, 0.5) is 0 Å². The number of pyridine rings is 1. The van der Waals surface area contributed by atoms with E-state index < -0.39 is 0 Å². The van der Waals surface area contributed by atoms with E-state index in [1.54, 1.807) is 12.1 Å². The van der Waals surface area contributed by atoms with Gasteiger partial charge in [-0.15, -0.1) is 11.3 Å². The average Bonchev–Trinajstić information content (AvgIpc) is 3.18. The highest BCUT2D eigenvalue weighted by atomic mass is 32.1. The molecule has 4 rings (SSSR count). The lowest BCUT2D eigenvalue weighted by Gasteiger charge is -2.11. The number of benzene rings is 2. The second-order valence-electron chi connectivity index (χ2n) is 6.27. The van der Waals surface area contributed by atoms with Crippen LogP contribution in [0.25, 0.3) is 32.1 Å². The molecule has 2 heterocycles. The van der Waals surface area contributed by atoms with Crippen LogP contribution in [0.5, 0.6) is 5.75 Å². The first-order valence-corrected chi connectivity index (χ1v) is 9.37. The lowest BCUT2D eigenvalue weighted by molar-refractivity contribution is -0.140. The zero-order valence-corrected chi connectivity index (χ0v) is 15.4. The molecule has 0 radical (unpaired) electrons. The first-order chi connectivity index (χ1) is 13.1. The standard InChI is InChI=1S/C21H17NO4S/c1-26-17(24)9-4-12-2-5-13(6-3-12)18-16(23)8-7-15-19(18)14-10-11-27-20(14)21(25)22-15/h2-3,5-8,10-11,23H,4,9H2,1H3,(H,22,25). The Morgan fingerprint density at radius 3 is 2.67 bits per heavy atom. The van der Waals surface area contributed by atoms with Crippen LogP contribution in [-0.2, 0) is 16.0 Å². The molecule has 27 heavy (non-hydrogen) atoms. The van der Waals surface area contributed by atoms with Crippen LogP contribution in [-0.4, -0.2) is 23.2 Å². The number of carbonyl (C=O) groups is 1. The zero-order chi connectivity index (χ0) is 19.0. The second kappa shape index (κ2) is 6.89. The number of aromatic amines is 1. The Morgan fingerprint density at radius 2 is 1.93 bits per heavy atom. The van der Waals surface area contributed by atoms with Crippen LogP contribution in [0.15, 0.2) is 52.6 Å². The molecule has 2 aromatic heterocycles. The molecule has 0 atom stereocenters. The minimum atomic E-state index is -0.241. The number of hydrogen-bond donors (Lipinski definition) is 2. The van der Waals surface area contributed by atoms with Gasteiger partial charge in [0.25, 0.3) is 5.56 Å². The molecule has 0 saturated heterocycles. The third-order valence-electron chi connectivity index (χ3n) is 4.66. The van der Waals surface area contributed by atoms with E-state index in [1.165, 1.54) is 18.4 Å². The van der Waals surface area contributed by atoms with Gasteiger partial charge in [-0.25, -0.2) is 0 Å². The van der Waals surface area contributed by atoms with Crippen molar-refractivity contribution in [1.82, 2.24) is 4.98 Å². The number of aryl methyl sites for hydroxylation is 1. The predicted molar refractivity (Wildman–Crippen MR) is 107 cm³/mol. The van der Waals surface area contributed by atoms with Crippen molar-refractivity contribution < 1.29 is 14.6 Å². The highest BCUT2D eigenvalue weighted by Gasteiger charge is 2.15. The molecule has 2 N–H and O–H groups in total. The van der Waals surface area contributed by atoms with Gasteiger partial charge in [0.15, 0.2) is 0 Å². The predicted octanol–water partition coefficient (Wildman–Crippen LogP) is 4.22. The number of thiophene rings is 1. The Balaban J connectivity index is 1.84. The Kier molecular flexibility index (Phi) is 4.41. The van der Waals surface area contributed by atoms with Gasteiger partial charge < -0.3 is 14.8 Å². The number of aromatic nitrogens is 1. The Morgan fingerprint density at radius 1 is 1.15 bits per heavy atom. The summed E-state index contributed by atoms with van der Waals surface area (Å²) < 4.78 is 5.31. The number of hydrogen-bond acceptors (Lipinski definition) is 5. The number of phenols is 1. The highest BCUT2D eigenvalue weighted by Crippen LogP contribution is 2.39. The fourth-order valence-electron chi connectivity index (χ4n) is 3.32. The van der Waals surface area contributed by atoms with Gasteiger partial charge >= 0.3 is 5.97 Å². The lowest BCUT2D eigenvalue weighted by atomic mass is 9.96. The molecule has 0 fully saturated rings. The monoisotopic (exact) mass is 379 g/mol. The minimum Gasteiger partial charge on any atom is -0.507 e. The maximum absolute atomic E-state index is 12.2. The average molecular weight is 379 g/mol. The molecular formula is C21H17NO4S. The molecule has 5 nitrogen and oxygen atoms in total. The summed E-state index contributed by atoms with van der Waals surface area (Å²) in [7, 11) is 1.38. The number of carbonyl (C=O) groups excluding carboxylic acids is 1. The van der Waals surface area contributed by atoms with Gasteiger partial charge in [-0.05, 0) is 41.1 Å². The van der Waals surface area contributed by atoms with Crippen LogP contribution in [0.1, 0.15) is 12.0 Å². The molecule has 6 heteroatoms. The summed E-state index contributed by atoms with van der Waals surface area (Å²) in [5.74, 6) is -0.0843. The third-order valence-corrected chi connectivity index (χ3v) is 5.57. The summed E-state index contributed by atoms with van der Waals surface area (Å²) in [5, 5.41) is 14.1. The zero-order valence-electron chi connectivity index (χ0n) is 14.6. The summed E-state index contributed by atoms with van der Waals surface area (Å²) in [6, 6.07) is 12.9. The van der Waals surface area contributed by atoms with E-state index in [0.29, 0.717) is 28.6 Å². The maximum Gasteiger partial charge on any atom is 0.305 e. The van der Waals surface area contributed by atoms with Crippen LogP contribution >= 0.6 is 11.3 Å². The molecule has 0 spiro atoms. The van der Waals surface area contributed by atoms with Crippen LogP contribution in [0, 0.1) is 0 Å². The minimum absolute atomic E-state index is 0.123. The molecule has 0 bridgehead atoms. The first-order valence-electron chi connectivity index (χ1n) is 8.50. The Labute approximate surface area is 158 Å².